The molecule has 0 aliphatic rings. The first-order valence-corrected chi connectivity index (χ1v) is 6.06. The van der Waals surface area contributed by atoms with Crippen LogP contribution in [-0.4, -0.2) is 40.3 Å². The second-order valence-electron chi connectivity index (χ2n) is 5.05. The molecule has 0 unspecified atom stereocenters. The zero-order valence-electron chi connectivity index (χ0n) is 11.6. The molecule has 0 fully saturated rings. The van der Waals surface area contributed by atoms with Crippen LogP contribution in [0.5, 0.6) is 0 Å². The molecule has 0 spiro atoms. The first-order chi connectivity index (χ1) is 8.22. The van der Waals surface area contributed by atoms with E-state index in [-0.39, 0.29) is 6.42 Å². The number of hydrogen-bond donors (Lipinski definition) is 1. The molecule has 0 saturated heterocycles. The minimum absolute atomic E-state index is 0.203. The standard InChI is InChI=1S/C13H23NO4/c1-6-8-10(11(15)16)14(9-7-2)12(17)18-13(3,4)5/h6,10H,1,7-9H2,2-5H3,(H,15,16)/t10-/m0/s1. The summed E-state index contributed by atoms with van der Waals surface area (Å²) < 4.78 is 5.22. The van der Waals surface area contributed by atoms with Gasteiger partial charge in [0.05, 0.1) is 0 Å². The number of ether oxygens (including phenoxy) is 1. The Morgan fingerprint density at radius 3 is 2.33 bits per heavy atom. The molecule has 0 aromatic rings. The summed E-state index contributed by atoms with van der Waals surface area (Å²) >= 11 is 0. The van der Waals surface area contributed by atoms with Crippen LogP contribution in [0.2, 0.25) is 0 Å². The van der Waals surface area contributed by atoms with Crippen LogP contribution in [-0.2, 0) is 9.53 Å². The zero-order valence-corrected chi connectivity index (χ0v) is 11.6. The predicted molar refractivity (Wildman–Crippen MR) is 69.5 cm³/mol. The van der Waals surface area contributed by atoms with Crippen molar-refractivity contribution < 1.29 is 19.4 Å². The van der Waals surface area contributed by atoms with Crippen LogP contribution in [0, 0.1) is 0 Å². The average Bonchev–Trinajstić information content (AvgIpc) is 2.20. The molecule has 5 nitrogen and oxygen atoms in total. The van der Waals surface area contributed by atoms with E-state index in [0.29, 0.717) is 13.0 Å². The van der Waals surface area contributed by atoms with Crippen molar-refractivity contribution in [3.05, 3.63) is 12.7 Å². The molecule has 0 aliphatic heterocycles. The van der Waals surface area contributed by atoms with Crippen molar-refractivity contribution in [1.82, 2.24) is 4.90 Å². The van der Waals surface area contributed by atoms with Crippen LogP contribution in [0.25, 0.3) is 0 Å². The third-order valence-corrected chi connectivity index (χ3v) is 2.14. The fourth-order valence-corrected chi connectivity index (χ4v) is 1.46. The zero-order chi connectivity index (χ0) is 14.3. The number of amides is 1. The smallest absolute Gasteiger partial charge is 0.411 e. The lowest BCUT2D eigenvalue weighted by Crippen LogP contribution is -2.47. The van der Waals surface area contributed by atoms with Gasteiger partial charge in [-0.2, -0.15) is 0 Å². The third kappa shape index (κ3) is 5.70. The molecule has 0 aromatic carbocycles. The SMILES string of the molecule is C=CC[C@@H](C(=O)O)N(CCC)C(=O)OC(C)(C)C. The molecular formula is C13H23NO4. The summed E-state index contributed by atoms with van der Waals surface area (Å²) in [6.07, 6.45) is 1.76. The minimum atomic E-state index is -1.05. The maximum absolute atomic E-state index is 12.0. The Bertz CT molecular complexity index is 307. The Morgan fingerprint density at radius 2 is 2.00 bits per heavy atom. The van der Waals surface area contributed by atoms with Gasteiger partial charge in [-0.3, -0.25) is 4.90 Å². The summed E-state index contributed by atoms with van der Waals surface area (Å²) in [6.45, 7) is 11.0. The molecule has 0 bridgehead atoms. The largest absolute Gasteiger partial charge is 0.480 e. The first kappa shape index (κ1) is 16.5. The fourth-order valence-electron chi connectivity index (χ4n) is 1.46. The van der Waals surface area contributed by atoms with Crippen molar-refractivity contribution in [1.29, 1.82) is 0 Å². The molecule has 0 saturated carbocycles. The lowest BCUT2D eigenvalue weighted by Gasteiger charge is -2.30. The molecule has 18 heavy (non-hydrogen) atoms. The Morgan fingerprint density at radius 1 is 1.44 bits per heavy atom. The van der Waals surface area contributed by atoms with E-state index in [1.165, 1.54) is 11.0 Å². The first-order valence-electron chi connectivity index (χ1n) is 6.06. The summed E-state index contributed by atoms with van der Waals surface area (Å²) in [5, 5.41) is 9.15. The van der Waals surface area contributed by atoms with E-state index in [1.54, 1.807) is 20.8 Å². The number of aliphatic carboxylic acids is 1. The van der Waals surface area contributed by atoms with Gasteiger partial charge in [-0.25, -0.2) is 9.59 Å². The molecule has 0 radical (unpaired) electrons. The van der Waals surface area contributed by atoms with Gasteiger partial charge in [0.1, 0.15) is 11.6 Å². The van der Waals surface area contributed by atoms with Crippen LogP contribution in [0.3, 0.4) is 0 Å². The lowest BCUT2D eigenvalue weighted by molar-refractivity contribution is -0.143. The van der Waals surface area contributed by atoms with Gasteiger partial charge in [0.2, 0.25) is 0 Å². The second kappa shape index (κ2) is 7.03. The molecule has 0 rings (SSSR count). The molecule has 1 N–H and O–H groups in total. The van der Waals surface area contributed by atoms with Crippen LogP contribution in [0.4, 0.5) is 4.79 Å². The summed E-state index contributed by atoms with van der Waals surface area (Å²) in [5.41, 5.74) is -0.639. The Hall–Kier alpha value is -1.52. The van der Waals surface area contributed by atoms with Gasteiger partial charge >= 0.3 is 12.1 Å². The normalized spacial score (nSPS) is 12.7. The highest BCUT2D eigenvalue weighted by atomic mass is 16.6. The Labute approximate surface area is 108 Å². The van der Waals surface area contributed by atoms with E-state index in [2.05, 4.69) is 6.58 Å². The van der Waals surface area contributed by atoms with Crippen molar-refractivity contribution in [3.8, 4) is 0 Å². The molecule has 1 amide bonds. The van der Waals surface area contributed by atoms with Crippen LogP contribution in [0.15, 0.2) is 12.7 Å². The summed E-state index contributed by atoms with van der Waals surface area (Å²) in [4.78, 5) is 24.4. The molecule has 5 heteroatoms. The average molecular weight is 257 g/mol. The van der Waals surface area contributed by atoms with Crippen molar-refractivity contribution in [2.45, 2.75) is 52.2 Å². The van der Waals surface area contributed by atoms with Gasteiger partial charge in [0.15, 0.2) is 0 Å². The summed E-state index contributed by atoms with van der Waals surface area (Å²) in [7, 11) is 0. The fraction of sp³-hybridized carbons (Fsp3) is 0.692. The van der Waals surface area contributed by atoms with Crippen molar-refractivity contribution in [2.75, 3.05) is 6.54 Å². The monoisotopic (exact) mass is 257 g/mol. The topological polar surface area (TPSA) is 66.8 Å². The minimum Gasteiger partial charge on any atom is -0.480 e. The Balaban J connectivity index is 4.96. The van der Waals surface area contributed by atoms with E-state index in [1.807, 2.05) is 6.92 Å². The molecular weight excluding hydrogens is 234 g/mol. The van der Waals surface area contributed by atoms with E-state index in [9.17, 15) is 9.59 Å². The number of nitrogens with zero attached hydrogens (tertiary/aromatic N) is 1. The molecule has 0 aliphatic carbocycles. The summed E-state index contributed by atoms with van der Waals surface area (Å²) in [5.74, 6) is -1.05. The van der Waals surface area contributed by atoms with Gasteiger partial charge < -0.3 is 9.84 Å². The maximum atomic E-state index is 12.0. The van der Waals surface area contributed by atoms with Crippen molar-refractivity contribution in [3.63, 3.8) is 0 Å². The molecule has 0 heterocycles. The number of carboxylic acid groups (broad SMARTS) is 1. The Kier molecular flexibility index (Phi) is 6.44. The third-order valence-electron chi connectivity index (χ3n) is 2.14. The highest BCUT2D eigenvalue weighted by Gasteiger charge is 2.31. The van der Waals surface area contributed by atoms with Gasteiger partial charge in [0.25, 0.3) is 0 Å². The molecule has 1 atom stereocenters. The van der Waals surface area contributed by atoms with Gasteiger partial charge in [-0.15, -0.1) is 6.58 Å². The number of carboxylic acids is 1. The van der Waals surface area contributed by atoms with E-state index in [4.69, 9.17) is 9.84 Å². The number of carbonyl (C=O) groups excluding carboxylic acids is 1. The van der Waals surface area contributed by atoms with Gasteiger partial charge in [-0.05, 0) is 33.6 Å². The number of hydrogen-bond acceptors (Lipinski definition) is 3. The summed E-state index contributed by atoms with van der Waals surface area (Å²) in [6, 6.07) is -0.919. The van der Waals surface area contributed by atoms with Crippen molar-refractivity contribution >= 4 is 12.1 Å². The van der Waals surface area contributed by atoms with Gasteiger partial charge in [-0.1, -0.05) is 13.0 Å². The highest BCUT2D eigenvalue weighted by molar-refractivity contribution is 5.80. The second-order valence-corrected chi connectivity index (χ2v) is 5.05. The van der Waals surface area contributed by atoms with Crippen LogP contribution < -0.4 is 0 Å². The van der Waals surface area contributed by atoms with E-state index >= 15 is 0 Å². The van der Waals surface area contributed by atoms with Gasteiger partial charge in [0, 0.05) is 6.54 Å². The lowest BCUT2D eigenvalue weighted by atomic mass is 10.1. The molecule has 104 valence electrons. The van der Waals surface area contributed by atoms with Crippen molar-refractivity contribution in [2.24, 2.45) is 0 Å². The molecule has 0 aromatic heterocycles. The van der Waals surface area contributed by atoms with Crippen LogP contribution >= 0.6 is 0 Å². The quantitative estimate of drug-likeness (QED) is 0.743. The highest BCUT2D eigenvalue weighted by Crippen LogP contribution is 2.14. The van der Waals surface area contributed by atoms with Crippen LogP contribution in [0.1, 0.15) is 40.5 Å². The number of carbonyl (C=O) groups is 2. The van der Waals surface area contributed by atoms with E-state index < -0.39 is 23.7 Å². The van der Waals surface area contributed by atoms with E-state index in [0.717, 1.165) is 0 Å². The predicted octanol–water partition coefficient (Wildman–Crippen LogP) is 2.66. The maximum Gasteiger partial charge on any atom is 0.411 e. The number of rotatable bonds is 6.